The number of ether oxygens (including phenoxy) is 1. The lowest BCUT2D eigenvalue weighted by molar-refractivity contribution is -0.123. The maximum Gasteiger partial charge on any atom is 0.338 e. The molecule has 172 valence electrons. The number of carbonyl (C=O) groups is 2. The molecule has 11 heteroatoms. The Bertz CT molecular complexity index is 1280. The Labute approximate surface area is 187 Å². The molecule has 3 rings (SSSR count). The predicted octanol–water partition coefficient (Wildman–Crippen LogP) is 4.09. The Morgan fingerprint density at radius 2 is 1.52 bits per heavy atom. The molecule has 0 fully saturated rings. The fourth-order valence-corrected chi connectivity index (χ4v) is 3.69. The summed E-state index contributed by atoms with van der Waals surface area (Å²) in [5, 5.41) is 2.00. The van der Waals surface area contributed by atoms with Crippen LogP contribution in [-0.2, 0) is 19.6 Å². The van der Waals surface area contributed by atoms with Crippen LogP contribution in [0, 0.1) is 17.5 Å². The number of anilines is 2. The maximum atomic E-state index is 13.7. The highest BCUT2D eigenvalue weighted by Crippen LogP contribution is 2.20. The van der Waals surface area contributed by atoms with Crippen molar-refractivity contribution in [1.82, 2.24) is 0 Å². The van der Waals surface area contributed by atoms with E-state index in [2.05, 4.69) is 4.72 Å². The third kappa shape index (κ3) is 5.69. The highest BCUT2D eigenvalue weighted by atomic mass is 32.2. The molecule has 1 unspecified atom stereocenters. The van der Waals surface area contributed by atoms with E-state index in [0.29, 0.717) is 11.8 Å². The van der Waals surface area contributed by atoms with Gasteiger partial charge in [-0.2, -0.15) is 0 Å². The van der Waals surface area contributed by atoms with Gasteiger partial charge in [-0.3, -0.25) is 9.52 Å². The number of carbonyl (C=O) groups excluding carboxylic acids is 2. The van der Waals surface area contributed by atoms with Gasteiger partial charge in [-0.25, -0.2) is 26.4 Å². The Balaban J connectivity index is 1.64. The molecule has 1 amide bonds. The normalized spacial score (nSPS) is 12.0. The lowest BCUT2D eigenvalue weighted by Gasteiger charge is -2.14. The molecule has 0 bridgehead atoms. The Morgan fingerprint density at radius 1 is 0.879 bits per heavy atom. The van der Waals surface area contributed by atoms with Crippen LogP contribution in [0.2, 0.25) is 0 Å². The topological polar surface area (TPSA) is 102 Å². The van der Waals surface area contributed by atoms with E-state index in [0.717, 1.165) is 6.07 Å². The second-order valence-corrected chi connectivity index (χ2v) is 8.44. The standard InChI is InChI=1S/C22H17F3N2O5S/c1-13(21(28)26-18-12-11-17(23)19(24)20(18)25)32-22(29)14-7-9-16(10-8-14)33(30,31)27-15-5-3-2-4-6-15/h2-13,27H,1H3,(H,26,28). The Morgan fingerprint density at radius 3 is 2.15 bits per heavy atom. The van der Waals surface area contributed by atoms with E-state index in [9.17, 15) is 31.2 Å². The number of hydrogen-bond acceptors (Lipinski definition) is 5. The fraction of sp³-hybridized carbons (Fsp3) is 0.0909. The summed E-state index contributed by atoms with van der Waals surface area (Å²) in [5.74, 6) is -6.71. The van der Waals surface area contributed by atoms with Gasteiger partial charge in [-0.1, -0.05) is 18.2 Å². The van der Waals surface area contributed by atoms with E-state index in [1.807, 2.05) is 5.32 Å². The minimum absolute atomic E-state index is 0.0488. The Kier molecular flexibility index (Phi) is 7.02. The van der Waals surface area contributed by atoms with Crippen LogP contribution in [0.1, 0.15) is 17.3 Å². The molecule has 0 aromatic heterocycles. The van der Waals surface area contributed by atoms with Gasteiger partial charge in [0.2, 0.25) is 0 Å². The minimum Gasteiger partial charge on any atom is -0.449 e. The summed E-state index contributed by atoms with van der Waals surface area (Å²) < 4.78 is 72.2. The van der Waals surface area contributed by atoms with Gasteiger partial charge >= 0.3 is 5.97 Å². The molecule has 0 aliphatic heterocycles. The van der Waals surface area contributed by atoms with E-state index in [1.54, 1.807) is 30.3 Å². The van der Waals surface area contributed by atoms with Gasteiger partial charge in [0.05, 0.1) is 16.1 Å². The van der Waals surface area contributed by atoms with E-state index in [-0.39, 0.29) is 10.5 Å². The lowest BCUT2D eigenvalue weighted by Crippen LogP contribution is -2.30. The average Bonchev–Trinajstić information content (AvgIpc) is 2.79. The molecule has 2 N–H and O–H groups in total. The summed E-state index contributed by atoms with van der Waals surface area (Å²) in [6.07, 6.45) is -1.42. The number of benzene rings is 3. The van der Waals surface area contributed by atoms with Gasteiger partial charge in [0, 0.05) is 5.69 Å². The van der Waals surface area contributed by atoms with Crippen LogP contribution in [0.15, 0.2) is 71.6 Å². The van der Waals surface area contributed by atoms with Crippen LogP contribution < -0.4 is 10.0 Å². The predicted molar refractivity (Wildman–Crippen MR) is 114 cm³/mol. The molecule has 0 saturated heterocycles. The molecule has 0 radical (unpaired) electrons. The van der Waals surface area contributed by atoms with E-state index >= 15 is 0 Å². The highest BCUT2D eigenvalue weighted by molar-refractivity contribution is 7.92. The lowest BCUT2D eigenvalue weighted by atomic mass is 10.2. The number of sulfonamides is 1. The van der Waals surface area contributed by atoms with Gasteiger partial charge in [0.25, 0.3) is 15.9 Å². The first-order chi connectivity index (χ1) is 15.6. The van der Waals surface area contributed by atoms with Gasteiger partial charge < -0.3 is 10.1 Å². The van der Waals surface area contributed by atoms with Crippen LogP contribution in [0.3, 0.4) is 0 Å². The van der Waals surface area contributed by atoms with E-state index in [1.165, 1.54) is 31.2 Å². The third-order valence-corrected chi connectivity index (χ3v) is 5.77. The zero-order valence-electron chi connectivity index (χ0n) is 17.0. The summed E-state index contributed by atoms with van der Waals surface area (Å²) >= 11 is 0. The van der Waals surface area contributed by atoms with Crippen LogP contribution in [0.25, 0.3) is 0 Å². The molecule has 0 aliphatic carbocycles. The van der Waals surface area contributed by atoms with E-state index < -0.39 is 51.1 Å². The van der Waals surface area contributed by atoms with Crippen molar-refractivity contribution >= 4 is 33.3 Å². The molecule has 0 saturated carbocycles. The highest BCUT2D eigenvalue weighted by Gasteiger charge is 2.22. The van der Waals surface area contributed by atoms with Crippen molar-refractivity contribution in [3.63, 3.8) is 0 Å². The van der Waals surface area contributed by atoms with Gasteiger partial charge in [-0.05, 0) is 55.5 Å². The van der Waals surface area contributed by atoms with Gasteiger partial charge in [-0.15, -0.1) is 0 Å². The van der Waals surface area contributed by atoms with Crippen molar-refractivity contribution in [2.75, 3.05) is 10.0 Å². The number of hydrogen-bond donors (Lipinski definition) is 2. The first-order valence-electron chi connectivity index (χ1n) is 9.42. The van der Waals surface area contributed by atoms with Crippen molar-refractivity contribution in [2.24, 2.45) is 0 Å². The second kappa shape index (κ2) is 9.74. The quantitative estimate of drug-likeness (QED) is 0.394. The molecule has 0 heterocycles. The monoisotopic (exact) mass is 478 g/mol. The molecule has 33 heavy (non-hydrogen) atoms. The number of rotatable bonds is 7. The van der Waals surface area contributed by atoms with E-state index in [4.69, 9.17) is 4.74 Å². The first-order valence-corrected chi connectivity index (χ1v) is 10.9. The van der Waals surface area contributed by atoms with Crippen LogP contribution in [0.4, 0.5) is 24.5 Å². The summed E-state index contributed by atoms with van der Waals surface area (Å²) in [4.78, 5) is 24.3. The molecular formula is C22H17F3N2O5S. The molecule has 3 aromatic carbocycles. The number of para-hydroxylation sites is 1. The number of nitrogens with one attached hydrogen (secondary N) is 2. The largest absolute Gasteiger partial charge is 0.449 e. The number of esters is 1. The fourth-order valence-electron chi connectivity index (χ4n) is 2.63. The molecule has 0 spiro atoms. The number of amides is 1. The van der Waals surface area contributed by atoms with Crippen molar-refractivity contribution < 1.29 is 35.9 Å². The summed E-state index contributed by atoms with van der Waals surface area (Å²) in [5.41, 5.74) is -0.312. The second-order valence-electron chi connectivity index (χ2n) is 6.76. The van der Waals surface area contributed by atoms with Crippen LogP contribution >= 0.6 is 0 Å². The molecule has 0 aliphatic rings. The summed E-state index contributed by atoms with van der Waals surface area (Å²) in [6.45, 7) is 1.19. The molecule has 7 nitrogen and oxygen atoms in total. The van der Waals surface area contributed by atoms with Crippen molar-refractivity contribution in [1.29, 1.82) is 0 Å². The molecule has 3 aromatic rings. The van der Waals surface area contributed by atoms with Gasteiger partial charge in [0.15, 0.2) is 23.6 Å². The average molecular weight is 478 g/mol. The minimum atomic E-state index is -3.90. The summed E-state index contributed by atoms with van der Waals surface area (Å²) in [7, 11) is -3.90. The van der Waals surface area contributed by atoms with Crippen molar-refractivity contribution in [2.45, 2.75) is 17.9 Å². The van der Waals surface area contributed by atoms with Crippen molar-refractivity contribution in [3.05, 3.63) is 89.7 Å². The Hall–Kier alpha value is -3.86. The zero-order chi connectivity index (χ0) is 24.2. The summed E-state index contributed by atoms with van der Waals surface area (Å²) in [6, 6.07) is 14.4. The SMILES string of the molecule is CC(OC(=O)c1ccc(S(=O)(=O)Nc2ccccc2)cc1)C(=O)Nc1ccc(F)c(F)c1F. The zero-order valence-corrected chi connectivity index (χ0v) is 17.8. The van der Waals surface area contributed by atoms with Crippen LogP contribution in [-0.4, -0.2) is 26.4 Å². The maximum absolute atomic E-state index is 13.7. The first kappa shape index (κ1) is 23.8. The van der Waals surface area contributed by atoms with Crippen LogP contribution in [0.5, 0.6) is 0 Å². The molecular weight excluding hydrogens is 461 g/mol. The molecule has 1 atom stereocenters. The van der Waals surface area contributed by atoms with Gasteiger partial charge in [0.1, 0.15) is 0 Å². The van der Waals surface area contributed by atoms with Crippen molar-refractivity contribution in [3.8, 4) is 0 Å². The smallest absolute Gasteiger partial charge is 0.338 e. The number of halogens is 3. The third-order valence-electron chi connectivity index (χ3n) is 4.37.